The van der Waals surface area contributed by atoms with Crippen molar-refractivity contribution in [3.05, 3.63) is 89.5 Å². The van der Waals surface area contributed by atoms with Crippen molar-refractivity contribution in [2.24, 2.45) is 0 Å². The second kappa shape index (κ2) is 8.47. The maximum Gasteiger partial charge on any atom is 0.307 e. The summed E-state index contributed by atoms with van der Waals surface area (Å²) in [7, 11) is 3.01. The van der Waals surface area contributed by atoms with Gasteiger partial charge in [-0.1, -0.05) is 48.5 Å². The molecule has 1 aromatic heterocycles. The minimum absolute atomic E-state index is 0.0821. The molecule has 2 heterocycles. The first-order valence-electron chi connectivity index (χ1n) is 10.8. The van der Waals surface area contributed by atoms with Gasteiger partial charge in [0, 0.05) is 34.1 Å². The van der Waals surface area contributed by atoms with Crippen molar-refractivity contribution in [1.29, 1.82) is 0 Å². The van der Waals surface area contributed by atoms with E-state index in [4.69, 9.17) is 9.47 Å². The van der Waals surface area contributed by atoms with Gasteiger partial charge in [-0.3, -0.25) is 9.59 Å². The molecule has 0 spiro atoms. The number of carbonyl (C=O) groups is 2. The molecule has 166 valence electrons. The van der Waals surface area contributed by atoms with Crippen LogP contribution in [0.3, 0.4) is 0 Å². The summed E-state index contributed by atoms with van der Waals surface area (Å²) >= 11 is 0. The van der Waals surface area contributed by atoms with Crippen LogP contribution in [-0.4, -0.2) is 42.5 Å². The van der Waals surface area contributed by atoms with Crippen molar-refractivity contribution in [2.75, 3.05) is 20.8 Å². The molecule has 4 aromatic rings. The lowest BCUT2D eigenvalue weighted by Crippen LogP contribution is -2.31. The van der Waals surface area contributed by atoms with Gasteiger partial charge < -0.3 is 19.4 Å². The number of rotatable bonds is 6. The highest BCUT2D eigenvalue weighted by atomic mass is 16.5. The Bertz CT molecular complexity index is 1360. The van der Waals surface area contributed by atoms with E-state index < -0.39 is 0 Å². The smallest absolute Gasteiger partial charge is 0.307 e. The van der Waals surface area contributed by atoms with Crippen LogP contribution < -0.4 is 4.74 Å². The molecular formula is C27H24N2O4. The molecule has 0 saturated heterocycles. The summed E-state index contributed by atoms with van der Waals surface area (Å²) in [5.74, 6) is 0.327. The fraction of sp³-hybridized carbons (Fsp3) is 0.185. The third-order valence-corrected chi connectivity index (χ3v) is 6.22. The minimum Gasteiger partial charge on any atom is -0.497 e. The normalized spacial score (nSPS) is 15.0. The standard InChI is InChI=1S/C27H24N2O4/c1-32-18-9-7-8-17(16-18)25-24(21-12-5-6-13-22(21)28-25)26-19-10-3-4-11-20(19)27(31)29(26)15-14-23(30)33-2/h3-13,16,26,28H,14-15H2,1-2H3. The van der Waals surface area contributed by atoms with Crippen molar-refractivity contribution in [3.8, 4) is 17.0 Å². The van der Waals surface area contributed by atoms with E-state index in [2.05, 4.69) is 11.1 Å². The molecule has 6 heteroatoms. The second-order valence-corrected chi connectivity index (χ2v) is 8.01. The SMILES string of the molecule is COC(=O)CCN1C(=O)c2ccccc2C1c1c(-c2cccc(OC)c2)[nH]c2ccccc12. The number of methoxy groups -OCH3 is 2. The molecule has 1 N–H and O–H groups in total. The predicted molar refractivity (Wildman–Crippen MR) is 126 cm³/mol. The highest BCUT2D eigenvalue weighted by Crippen LogP contribution is 2.45. The number of carbonyl (C=O) groups excluding carboxylic acids is 2. The molecule has 1 unspecified atom stereocenters. The molecule has 1 aliphatic heterocycles. The Morgan fingerprint density at radius 3 is 2.61 bits per heavy atom. The fourth-order valence-corrected chi connectivity index (χ4v) is 4.68. The van der Waals surface area contributed by atoms with Gasteiger partial charge in [0.05, 0.1) is 32.4 Å². The monoisotopic (exact) mass is 440 g/mol. The number of ether oxygens (including phenoxy) is 2. The third-order valence-electron chi connectivity index (χ3n) is 6.22. The van der Waals surface area contributed by atoms with Gasteiger partial charge in [0.25, 0.3) is 5.91 Å². The van der Waals surface area contributed by atoms with Crippen LogP contribution in [-0.2, 0) is 9.53 Å². The Balaban J connectivity index is 1.73. The highest BCUT2D eigenvalue weighted by Gasteiger charge is 2.40. The number of hydrogen-bond acceptors (Lipinski definition) is 4. The van der Waals surface area contributed by atoms with Gasteiger partial charge in [-0.2, -0.15) is 0 Å². The number of esters is 1. The molecule has 33 heavy (non-hydrogen) atoms. The molecule has 3 aromatic carbocycles. The van der Waals surface area contributed by atoms with E-state index in [0.717, 1.165) is 39.0 Å². The van der Waals surface area contributed by atoms with Gasteiger partial charge in [0.1, 0.15) is 5.75 Å². The Kier molecular flexibility index (Phi) is 5.34. The van der Waals surface area contributed by atoms with Crippen molar-refractivity contribution in [1.82, 2.24) is 9.88 Å². The number of amides is 1. The predicted octanol–water partition coefficient (Wildman–Crippen LogP) is 4.95. The van der Waals surface area contributed by atoms with Gasteiger partial charge in [-0.25, -0.2) is 0 Å². The molecule has 0 aliphatic carbocycles. The summed E-state index contributed by atoms with van der Waals surface area (Å²) in [5, 5.41) is 1.04. The largest absolute Gasteiger partial charge is 0.497 e. The number of nitrogens with one attached hydrogen (secondary N) is 1. The number of H-pyrrole nitrogens is 1. The van der Waals surface area contributed by atoms with Crippen LogP contribution in [0, 0.1) is 0 Å². The van der Waals surface area contributed by atoms with Crippen molar-refractivity contribution >= 4 is 22.8 Å². The van der Waals surface area contributed by atoms with Crippen LogP contribution >= 0.6 is 0 Å². The summed E-state index contributed by atoms with van der Waals surface area (Å²) in [6.07, 6.45) is 0.129. The zero-order valence-electron chi connectivity index (χ0n) is 18.5. The number of nitrogens with zero attached hydrogens (tertiary/aromatic N) is 1. The summed E-state index contributed by atoms with van der Waals surface area (Å²) < 4.78 is 10.3. The first kappa shape index (κ1) is 20.8. The number of hydrogen-bond donors (Lipinski definition) is 1. The summed E-state index contributed by atoms with van der Waals surface area (Å²) in [4.78, 5) is 30.7. The van der Waals surface area contributed by atoms with E-state index in [-0.39, 0.29) is 30.9 Å². The van der Waals surface area contributed by atoms with Crippen LogP contribution in [0.2, 0.25) is 0 Å². The first-order chi connectivity index (χ1) is 16.1. The molecule has 0 bridgehead atoms. The summed E-state index contributed by atoms with van der Waals surface area (Å²) in [5.41, 5.74) is 5.46. The molecule has 6 nitrogen and oxygen atoms in total. The topological polar surface area (TPSA) is 71.6 Å². The fourth-order valence-electron chi connectivity index (χ4n) is 4.68. The lowest BCUT2D eigenvalue weighted by atomic mass is 9.93. The molecular weight excluding hydrogens is 416 g/mol. The molecule has 0 saturated carbocycles. The van der Waals surface area contributed by atoms with E-state index >= 15 is 0 Å². The van der Waals surface area contributed by atoms with Crippen molar-refractivity contribution in [3.63, 3.8) is 0 Å². The van der Waals surface area contributed by atoms with Crippen LogP contribution in [0.15, 0.2) is 72.8 Å². The Hall–Kier alpha value is -4.06. The lowest BCUT2D eigenvalue weighted by molar-refractivity contribution is -0.140. The van der Waals surface area contributed by atoms with E-state index in [0.29, 0.717) is 5.56 Å². The van der Waals surface area contributed by atoms with E-state index in [1.807, 2.05) is 66.7 Å². The highest BCUT2D eigenvalue weighted by molar-refractivity contribution is 6.02. The Morgan fingerprint density at radius 2 is 1.79 bits per heavy atom. The summed E-state index contributed by atoms with van der Waals surface area (Å²) in [6, 6.07) is 23.3. The number of fused-ring (bicyclic) bond motifs is 2. The molecule has 0 radical (unpaired) electrons. The van der Waals surface area contributed by atoms with E-state index in [1.54, 1.807) is 12.0 Å². The Morgan fingerprint density at radius 1 is 1.00 bits per heavy atom. The van der Waals surface area contributed by atoms with Gasteiger partial charge in [0.15, 0.2) is 0 Å². The first-order valence-corrected chi connectivity index (χ1v) is 10.8. The number of aromatic amines is 1. The van der Waals surface area contributed by atoms with Crippen molar-refractivity contribution in [2.45, 2.75) is 12.5 Å². The summed E-state index contributed by atoms with van der Waals surface area (Å²) in [6.45, 7) is 0.266. The molecule has 1 aliphatic rings. The lowest BCUT2D eigenvalue weighted by Gasteiger charge is -2.26. The Labute approximate surface area is 191 Å². The van der Waals surface area contributed by atoms with Gasteiger partial charge in [-0.15, -0.1) is 0 Å². The van der Waals surface area contributed by atoms with Crippen LogP contribution in [0.25, 0.3) is 22.2 Å². The number of para-hydroxylation sites is 1. The molecule has 1 atom stereocenters. The minimum atomic E-state index is -0.343. The molecule has 0 fully saturated rings. The van der Waals surface area contributed by atoms with Gasteiger partial charge >= 0.3 is 5.97 Å². The average molecular weight is 440 g/mol. The zero-order chi connectivity index (χ0) is 22.9. The zero-order valence-corrected chi connectivity index (χ0v) is 18.5. The average Bonchev–Trinajstić information content (AvgIpc) is 3.37. The van der Waals surface area contributed by atoms with Crippen molar-refractivity contribution < 1.29 is 19.1 Å². The van der Waals surface area contributed by atoms with Crippen LogP contribution in [0.4, 0.5) is 0 Å². The maximum atomic E-state index is 13.4. The third kappa shape index (κ3) is 3.53. The van der Waals surface area contributed by atoms with E-state index in [1.165, 1.54) is 7.11 Å². The maximum absolute atomic E-state index is 13.4. The number of aromatic nitrogens is 1. The van der Waals surface area contributed by atoms with Crippen LogP contribution in [0.1, 0.15) is 33.9 Å². The van der Waals surface area contributed by atoms with Gasteiger partial charge in [0.2, 0.25) is 0 Å². The quantitative estimate of drug-likeness (QED) is 0.431. The molecule has 5 rings (SSSR count). The van der Waals surface area contributed by atoms with Crippen LogP contribution in [0.5, 0.6) is 5.75 Å². The number of benzene rings is 3. The second-order valence-electron chi connectivity index (χ2n) is 8.01. The van der Waals surface area contributed by atoms with Gasteiger partial charge in [-0.05, 0) is 29.8 Å². The van der Waals surface area contributed by atoms with E-state index in [9.17, 15) is 9.59 Å². The molecule has 1 amide bonds.